The van der Waals surface area contributed by atoms with Crippen molar-refractivity contribution in [2.45, 2.75) is 136 Å². The third kappa shape index (κ3) is 15.9. The molecule has 0 bridgehead atoms. The van der Waals surface area contributed by atoms with Gasteiger partial charge in [0, 0.05) is 88.5 Å². The number of β-amino-alcohol motifs (C(OH)–C–C–N with tert-alkyl or cyclic N) is 1. The predicted molar refractivity (Wildman–Crippen MR) is 308 cm³/mol. The number of hydrogen-bond acceptors (Lipinski definition) is 15. The number of aryl methyl sites for hydroxylation is 1. The first kappa shape index (κ1) is 58.3. The van der Waals surface area contributed by atoms with Crippen LogP contribution in [0.3, 0.4) is 0 Å². The number of amides is 4. The molecule has 5 heterocycles. The van der Waals surface area contributed by atoms with Crippen molar-refractivity contribution in [3.05, 3.63) is 95.6 Å². The lowest BCUT2D eigenvalue weighted by Crippen LogP contribution is -2.57. The zero-order valence-electron chi connectivity index (χ0n) is 46.6. The van der Waals surface area contributed by atoms with E-state index in [-0.39, 0.29) is 66.7 Å². The minimum Gasteiger partial charge on any atom is -0.507 e. The third-order valence-electron chi connectivity index (χ3n) is 15.3. The van der Waals surface area contributed by atoms with Gasteiger partial charge in [-0.2, -0.15) is 0 Å². The van der Waals surface area contributed by atoms with Gasteiger partial charge in [0.2, 0.25) is 23.6 Å². The number of aromatic hydroxyl groups is 1. The maximum Gasteiger partial charge on any atom is 0.246 e. The van der Waals surface area contributed by atoms with Crippen LogP contribution in [0.5, 0.6) is 17.2 Å². The van der Waals surface area contributed by atoms with E-state index in [1.165, 1.54) is 4.90 Å². The molecule has 0 saturated carbocycles. The van der Waals surface area contributed by atoms with Crippen LogP contribution in [0, 0.1) is 12.3 Å². The Morgan fingerprint density at radius 1 is 0.861 bits per heavy atom. The van der Waals surface area contributed by atoms with E-state index in [4.69, 9.17) is 15.2 Å². The van der Waals surface area contributed by atoms with E-state index in [9.17, 15) is 29.4 Å². The number of carbonyl (C=O) groups excluding carboxylic acids is 4. The Balaban J connectivity index is 0.679. The molecule has 3 fully saturated rings. The van der Waals surface area contributed by atoms with Crippen LogP contribution >= 0.6 is 11.3 Å². The molecule has 6 N–H and O–H groups in total. The van der Waals surface area contributed by atoms with Gasteiger partial charge in [0.25, 0.3) is 0 Å². The molecule has 0 radical (unpaired) electrons. The number of thiazole rings is 1. The lowest BCUT2D eigenvalue weighted by atomic mass is 9.85. The molecule has 424 valence electrons. The summed E-state index contributed by atoms with van der Waals surface area (Å²) in [6.45, 7) is 15.4. The number of benzene rings is 3. The van der Waals surface area contributed by atoms with Crippen LogP contribution in [-0.4, -0.2) is 147 Å². The molecule has 5 aromatic rings. The topological polar surface area (TPSA) is 229 Å². The molecule has 3 aromatic carbocycles. The Kier molecular flexibility index (Phi) is 20.2. The number of ether oxygens (including phenoxy) is 2. The number of para-hydroxylation sites is 1. The standard InChI is InChI=1S/C60H80N10O8S/c1-40(42-23-25-43(26-24-42)55-41(2)62-39-79-55)63-58(75)50-35-45(71)37-70(50)59(76)56(60(3,4)5)64-53(73)21-10-8-6-7-9-11-22-54(74)68-30-28-67(29-31-68)32-33-77-46-17-14-16-44(34-46)69-27-15-18-47(38-69)78-52-36-49(65-66-57(52)61)48-19-12-13-20-51(48)72/h12-14,16-17,19-20,23-26,34,36,39-40,45,47,50,56,71-72H,6-11,15,18,21-22,27-33,35,37-38H2,1-5H3,(H2,61,66)(H,63,75)(H,64,73)/t40?,45-,47?,50+,56?/m1/s1. The lowest BCUT2D eigenvalue weighted by Gasteiger charge is -2.35. The van der Waals surface area contributed by atoms with E-state index in [0.29, 0.717) is 56.1 Å². The van der Waals surface area contributed by atoms with E-state index in [0.717, 1.165) is 104 Å². The summed E-state index contributed by atoms with van der Waals surface area (Å²) in [5.74, 6) is 0.834. The first-order chi connectivity index (χ1) is 38.0. The molecule has 18 nitrogen and oxygen atoms in total. The molecule has 8 rings (SSSR count). The quantitative estimate of drug-likeness (QED) is 0.0392. The zero-order chi connectivity index (χ0) is 56.1. The fourth-order valence-corrected chi connectivity index (χ4v) is 11.5. The largest absolute Gasteiger partial charge is 0.507 e. The summed E-state index contributed by atoms with van der Waals surface area (Å²) >= 11 is 1.58. The van der Waals surface area contributed by atoms with Gasteiger partial charge in [0.1, 0.15) is 42.0 Å². The van der Waals surface area contributed by atoms with Crippen LogP contribution in [0.1, 0.15) is 116 Å². The normalized spacial score (nSPS) is 18.7. The maximum atomic E-state index is 14.1. The number of likely N-dealkylation sites (tertiary alicyclic amines) is 1. The van der Waals surface area contributed by atoms with Gasteiger partial charge in [-0.15, -0.1) is 21.5 Å². The van der Waals surface area contributed by atoms with E-state index < -0.39 is 23.6 Å². The first-order valence-electron chi connectivity index (χ1n) is 28.2. The number of nitrogens with zero attached hydrogens (tertiary/aromatic N) is 7. The number of rotatable bonds is 23. The van der Waals surface area contributed by atoms with Crippen molar-refractivity contribution in [2.75, 3.05) is 69.6 Å². The van der Waals surface area contributed by atoms with E-state index in [2.05, 4.69) is 47.7 Å². The van der Waals surface area contributed by atoms with Crippen molar-refractivity contribution in [1.29, 1.82) is 0 Å². The Morgan fingerprint density at radius 2 is 1.59 bits per heavy atom. The second-order valence-corrected chi connectivity index (χ2v) is 23.3. The van der Waals surface area contributed by atoms with Gasteiger partial charge >= 0.3 is 0 Å². The monoisotopic (exact) mass is 1100 g/mol. The number of aromatic nitrogens is 3. The van der Waals surface area contributed by atoms with Crippen LogP contribution in [0.25, 0.3) is 21.7 Å². The molecule has 0 aliphatic carbocycles. The highest BCUT2D eigenvalue weighted by molar-refractivity contribution is 7.13. The molecular weight excluding hydrogens is 1020 g/mol. The number of hydrogen-bond donors (Lipinski definition) is 5. The van der Waals surface area contributed by atoms with Gasteiger partial charge in [-0.25, -0.2) is 4.98 Å². The number of anilines is 2. The smallest absolute Gasteiger partial charge is 0.246 e. The van der Waals surface area contributed by atoms with Crippen LogP contribution in [-0.2, 0) is 19.2 Å². The average Bonchev–Trinajstić information content (AvgIpc) is 4.23. The van der Waals surface area contributed by atoms with Crippen molar-refractivity contribution >= 4 is 46.5 Å². The number of phenolic OH excluding ortho intramolecular Hbond substituents is 1. The van der Waals surface area contributed by atoms with Gasteiger partial charge in [-0.3, -0.25) is 24.1 Å². The summed E-state index contributed by atoms with van der Waals surface area (Å²) < 4.78 is 12.6. The molecule has 3 unspecified atom stereocenters. The summed E-state index contributed by atoms with van der Waals surface area (Å²) in [6, 6.07) is 22.8. The third-order valence-corrected chi connectivity index (χ3v) is 16.3. The summed E-state index contributed by atoms with van der Waals surface area (Å²) in [6.07, 6.45) is 7.01. The molecule has 3 aliphatic rings. The highest BCUT2D eigenvalue weighted by atomic mass is 32.1. The Hall–Kier alpha value is -6.83. The van der Waals surface area contributed by atoms with Gasteiger partial charge in [-0.05, 0) is 80.3 Å². The fraction of sp³-hybridized carbons (Fsp3) is 0.517. The van der Waals surface area contributed by atoms with Gasteiger partial charge < -0.3 is 50.8 Å². The van der Waals surface area contributed by atoms with Crippen molar-refractivity contribution in [2.24, 2.45) is 5.41 Å². The summed E-state index contributed by atoms with van der Waals surface area (Å²) in [7, 11) is 0. The average molecular weight is 1100 g/mol. The molecule has 5 atom stereocenters. The van der Waals surface area contributed by atoms with Crippen molar-refractivity contribution < 1.29 is 38.9 Å². The van der Waals surface area contributed by atoms with Gasteiger partial charge in [0.05, 0.1) is 34.8 Å². The number of aliphatic hydroxyl groups is 1. The van der Waals surface area contributed by atoms with E-state index in [1.807, 2.05) is 87.5 Å². The summed E-state index contributed by atoms with van der Waals surface area (Å²) in [5, 5.41) is 35.3. The summed E-state index contributed by atoms with van der Waals surface area (Å²) in [5.41, 5.74) is 12.4. The first-order valence-corrected chi connectivity index (χ1v) is 29.0. The molecule has 79 heavy (non-hydrogen) atoms. The SMILES string of the molecule is Cc1ncsc1-c1ccc(C(C)NC(=O)[C@@H]2C[C@@H](O)CN2C(=O)C(NC(=O)CCCCCCCCC(=O)N2CCN(CCOc3cccc(N4CCCC(Oc5cc(-c6ccccc6O)nnc5N)C4)c3)CC2)C(C)(C)C)cc1. The lowest BCUT2D eigenvalue weighted by molar-refractivity contribution is -0.144. The van der Waals surface area contributed by atoms with Gasteiger partial charge in [0.15, 0.2) is 11.6 Å². The predicted octanol–water partition coefficient (Wildman–Crippen LogP) is 7.93. The van der Waals surface area contributed by atoms with Crippen molar-refractivity contribution in [1.82, 2.24) is 40.5 Å². The second kappa shape index (κ2) is 27.4. The fourth-order valence-electron chi connectivity index (χ4n) is 10.7. The van der Waals surface area contributed by atoms with Crippen LogP contribution in [0.4, 0.5) is 11.5 Å². The second-order valence-electron chi connectivity index (χ2n) is 22.4. The number of piperidine rings is 1. The molecule has 2 aromatic heterocycles. The highest BCUT2D eigenvalue weighted by Gasteiger charge is 2.45. The molecule has 3 aliphatic heterocycles. The Morgan fingerprint density at radius 3 is 2.32 bits per heavy atom. The number of nitrogens with one attached hydrogen (secondary N) is 2. The van der Waals surface area contributed by atoms with E-state index in [1.54, 1.807) is 35.6 Å². The van der Waals surface area contributed by atoms with Crippen molar-refractivity contribution in [3.63, 3.8) is 0 Å². The highest BCUT2D eigenvalue weighted by Crippen LogP contribution is 2.34. The van der Waals surface area contributed by atoms with E-state index >= 15 is 0 Å². The number of piperazine rings is 1. The molecule has 19 heteroatoms. The van der Waals surface area contributed by atoms with Crippen LogP contribution in [0.15, 0.2) is 84.4 Å². The number of unbranched alkanes of at least 4 members (excludes halogenated alkanes) is 5. The molecular formula is C60H80N10O8S. The summed E-state index contributed by atoms with van der Waals surface area (Å²) in [4.78, 5) is 67.7. The van der Waals surface area contributed by atoms with Crippen LogP contribution < -0.4 is 30.7 Å². The Bertz CT molecular complexity index is 2830. The molecule has 4 amide bonds. The minimum absolute atomic E-state index is 0.0177. The molecule has 3 saturated heterocycles. The number of nitrogen functional groups attached to an aromatic ring is 1. The Labute approximate surface area is 469 Å². The zero-order valence-corrected chi connectivity index (χ0v) is 47.4. The number of phenols is 1. The van der Waals surface area contributed by atoms with Crippen molar-refractivity contribution in [3.8, 4) is 38.9 Å². The number of carbonyl (C=O) groups is 4. The minimum atomic E-state index is -0.874. The number of aliphatic hydroxyl groups excluding tert-OH is 1. The van der Waals surface area contributed by atoms with Gasteiger partial charge in [-0.1, -0.05) is 88.9 Å². The maximum absolute atomic E-state index is 14.1. The number of nitrogens with two attached hydrogens (primary N) is 1. The van der Waals surface area contributed by atoms with Crippen LogP contribution in [0.2, 0.25) is 0 Å². The molecule has 0 spiro atoms.